The predicted octanol–water partition coefficient (Wildman–Crippen LogP) is 8.37. The molecule has 0 radical (unpaired) electrons. The second kappa shape index (κ2) is 34.0. The maximum absolute atomic E-state index is 5.92. The third-order valence-corrected chi connectivity index (χ3v) is 8.82. The van der Waals surface area contributed by atoms with Gasteiger partial charge in [0.2, 0.25) is 5.96 Å². The molecule has 0 aliphatic carbocycles. The van der Waals surface area contributed by atoms with Crippen LogP contribution in [0, 0.1) is 0 Å². The van der Waals surface area contributed by atoms with Gasteiger partial charge in [0.25, 0.3) is 0 Å². The van der Waals surface area contributed by atoms with Crippen molar-refractivity contribution in [1.82, 2.24) is 0 Å². The minimum Gasteiger partial charge on any atom is -1.00 e. The fourth-order valence-electron chi connectivity index (χ4n) is 6.35. The lowest BCUT2D eigenvalue weighted by Gasteiger charge is -2.32. The summed E-state index contributed by atoms with van der Waals surface area (Å²) in [6.07, 6.45) is 40.4. The van der Waals surface area contributed by atoms with E-state index >= 15 is 0 Å². The van der Waals surface area contributed by atoms with E-state index in [4.69, 9.17) is 16.6 Å². The molecule has 4 N–H and O–H groups in total. The zero-order valence-electron chi connectivity index (χ0n) is 28.6. The summed E-state index contributed by atoms with van der Waals surface area (Å²) < 4.78 is 0.759. The first-order chi connectivity index (χ1) is 19.6. The second-order valence-electron chi connectivity index (χ2n) is 13.0. The molecule has 0 aliphatic rings. The third kappa shape index (κ3) is 30.8. The van der Waals surface area contributed by atoms with Crippen molar-refractivity contribution in [2.75, 3.05) is 19.6 Å². The molecule has 0 fully saturated rings. The zero-order valence-corrected chi connectivity index (χ0v) is 29.3. The van der Waals surface area contributed by atoms with Gasteiger partial charge in [-0.25, -0.2) is 0 Å². The van der Waals surface area contributed by atoms with Crippen molar-refractivity contribution in [2.45, 2.75) is 207 Å². The minimum absolute atomic E-state index is 0. The number of hydrogen-bond acceptors (Lipinski definition) is 1. The second-order valence-corrected chi connectivity index (χ2v) is 13.0. The molecule has 248 valence electrons. The van der Waals surface area contributed by atoms with E-state index in [1.165, 1.54) is 180 Å². The quantitative estimate of drug-likeness (QED) is 0.0261. The van der Waals surface area contributed by atoms with Crippen LogP contribution in [0.2, 0.25) is 0 Å². The smallest absolute Gasteiger partial charge is 0.244 e. The van der Waals surface area contributed by atoms with Crippen LogP contribution in [-0.2, 0) is 0 Å². The van der Waals surface area contributed by atoms with Gasteiger partial charge < -0.3 is 23.9 Å². The Labute approximate surface area is 265 Å². The van der Waals surface area contributed by atoms with Gasteiger partial charge in [0.1, 0.15) is 19.6 Å². The van der Waals surface area contributed by atoms with E-state index in [0.717, 1.165) is 30.6 Å². The van der Waals surface area contributed by atoms with Gasteiger partial charge in [-0.05, 0) is 37.2 Å². The molecule has 0 unspecified atom stereocenters. The summed E-state index contributed by atoms with van der Waals surface area (Å²) in [5, 5.41) is 4.81. The van der Waals surface area contributed by atoms with Gasteiger partial charge >= 0.3 is 0 Å². The first kappa shape index (κ1) is 42.7. The monoisotopic (exact) mass is 601 g/mol. The lowest BCUT2D eigenvalue weighted by molar-refractivity contribution is -0.935. The summed E-state index contributed by atoms with van der Waals surface area (Å²) in [5.74, 6) is 0.268. The van der Waals surface area contributed by atoms with E-state index in [2.05, 4.69) is 20.8 Å². The molecule has 0 amide bonds. The Kier molecular flexibility index (Phi) is 35.4. The molecule has 4 nitrogen and oxygen atoms in total. The number of halogens is 1. The van der Waals surface area contributed by atoms with Gasteiger partial charge in [-0.1, -0.05) is 175 Å². The summed E-state index contributed by atoms with van der Waals surface area (Å²) in [6.45, 7) is 10.1. The van der Waals surface area contributed by atoms with Crippen molar-refractivity contribution >= 4 is 5.96 Å². The molecular formula is C36H77ClN4. The van der Waals surface area contributed by atoms with Gasteiger partial charge in [0.05, 0.1) is 0 Å². The van der Waals surface area contributed by atoms with Crippen LogP contribution < -0.4 is 23.9 Å². The summed E-state index contributed by atoms with van der Waals surface area (Å²) in [7, 11) is 0. The van der Waals surface area contributed by atoms with Crippen molar-refractivity contribution < 1.29 is 17.0 Å². The third-order valence-electron chi connectivity index (χ3n) is 8.82. The normalized spacial score (nSPS) is 11.5. The fraction of sp³-hybridized carbons (Fsp3) is 0.972. The van der Waals surface area contributed by atoms with Gasteiger partial charge in [-0.15, -0.1) is 0 Å². The molecule has 0 rings (SSSR count). The van der Waals surface area contributed by atoms with Crippen LogP contribution in [0.1, 0.15) is 207 Å². The van der Waals surface area contributed by atoms with Crippen LogP contribution in [-0.4, -0.2) is 30.2 Å². The maximum atomic E-state index is 5.92. The van der Waals surface area contributed by atoms with E-state index in [-0.39, 0.29) is 18.4 Å². The fourth-order valence-corrected chi connectivity index (χ4v) is 6.35. The van der Waals surface area contributed by atoms with Crippen molar-refractivity contribution in [2.24, 2.45) is 16.6 Å². The number of quaternary nitrogens is 1. The number of nitrogens with two attached hydrogens (primary N) is 2. The number of rotatable bonds is 33. The molecule has 0 aliphatic heterocycles. The highest BCUT2D eigenvalue weighted by Gasteiger charge is 2.26. The van der Waals surface area contributed by atoms with Crippen LogP contribution >= 0.6 is 0 Å². The van der Waals surface area contributed by atoms with Gasteiger partial charge in [-0.3, -0.25) is 0 Å². The highest BCUT2D eigenvalue weighted by molar-refractivity contribution is 5.74. The molecule has 0 heterocycles. The van der Waals surface area contributed by atoms with Crippen molar-refractivity contribution in [3.8, 4) is 0 Å². The largest absolute Gasteiger partial charge is 1.00 e. The van der Waals surface area contributed by atoms with E-state index < -0.39 is 0 Å². The number of nitrogens with zero attached hydrogens (tertiary/aromatic N) is 2. The van der Waals surface area contributed by atoms with Gasteiger partial charge in [0.15, 0.2) is 0 Å². The Morgan fingerprint density at radius 2 is 0.610 bits per heavy atom. The highest BCUT2D eigenvalue weighted by Crippen LogP contribution is 2.19. The van der Waals surface area contributed by atoms with Crippen LogP contribution in [0.25, 0.3) is 0 Å². The first-order valence-electron chi connectivity index (χ1n) is 18.6. The Morgan fingerprint density at radius 1 is 0.366 bits per heavy atom. The Morgan fingerprint density at radius 3 is 0.829 bits per heavy atom. The molecule has 0 bridgehead atoms. The minimum atomic E-state index is 0. The van der Waals surface area contributed by atoms with E-state index in [1.807, 2.05) is 0 Å². The molecule has 0 saturated heterocycles. The molecule has 0 atom stereocenters. The van der Waals surface area contributed by atoms with E-state index in [0.29, 0.717) is 0 Å². The summed E-state index contributed by atoms with van der Waals surface area (Å²) in [4.78, 5) is 0. The first-order valence-corrected chi connectivity index (χ1v) is 18.6. The number of unbranched alkanes of at least 4 members (excludes halogenated alkanes) is 26. The molecule has 0 aromatic rings. The number of hydrogen-bond donors (Lipinski definition) is 2. The van der Waals surface area contributed by atoms with Crippen LogP contribution in [0.4, 0.5) is 0 Å². The van der Waals surface area contributed by atoms with Crippen LogP contribution in [0.5, 0.6) is 0 Å². The Balaban J connectivity index is 0. The molecule has 0 aromatic carbocycles. The predicted molar refractivity (Wildman–Crippen MR) is 182 cm³/mol. The van der Waals surface area contributed by atoms with E-state index in [1.54, 1.807) is 0 Å². The van der Waals surface area contributed by atoms with Crippen molar-refractivity contribution in [3.63, 3.8) is 0 Å². The van der Waals surface area contributed by atoms with Crippen LogP contribution in [0.15, 0.2) is 5.10 Å². The molecule has 5 heteroatoms. The molecule has 0 saturated carbocycles. The van der Waals surface area contributed by atoms with Crippen molar-refractivity contribution in [3.05, 3.63) is 0 Å². The van der Waals surface area contributed by atoms with Crippen LogP contribution in [0.3, 0.4) is 0 Å². The maximum Gasteiger partial charge on any atom is 0.244 e. The lowest BCUT2D eigenvalue weighted by atomic mass is 10.0. The average molecular weight is 601 g/mol. The summed E-state index contributed by atoms with van der Waals surface area (Å²) in [6, 6.07) is 0. The van der Waals surface area contributed by atoms with Crippen molar-refractivity contribution in [1.29, 1.82) is 0 Å². The zero-order chi connectivity index (χ0) is 29.4. The summed E-state index contributed by atoms with van der Waals surface area (Å²) >= 11 is 0. The molecule has 41 heavy (non-hydrogen) atoms. The average Bonchev–Trinajstić information content (AvgIpc) is 2.93. The van der Waals surface area contributed by atoms with E-state index in [9.17, 15) is 0 Å². The molecule has 0 spiro atoms. The molecular weight excluding hydrogens is 524 g/mol. The summed E-state index contributed by atoms with van der Waals surface area (Å²) in [5.41, 5.74) is 11.8. The lowest BCUT2D eigenvalue weighted by Crippen LogP contribution is -3.00. The number of guanidine groups is 1. The molecule has 0 aromatic heterocycles. The standard InChI is InChI=1S/C36H77N4.ClH/c1-4-7-9-11-13-15-17-19-21-23-25-27-29-31-34-40(33-6-3,39-36(37)38)35-32-30-28-26-24-22-20-18-16-14-12-10-8-5-2;/h4-35H2,1-3H3,(H4,37,38,39);1H/q+1;/p-1. The Hall–Kier alpha value is -0.480. The SMILES string of the molecule is CCCCCCCCCCCCCCCC[N+](CCC)(CCCCCCCCCCCCCCCC)N=C(N)N.[Cl-]. The van der Waals surface area contributed by atoms with Gasteiger partial charge in [-0.2, -0.15) is 4.59 Å². The Bertz CT molecular complexity index is 490. The van der Waals surface area contributed by atoms with Gasteiger partial charge in [0, 0.05) is 0 Å². The topological polar surface area (TPSA) is 64.4 Å². The highest BCUT2D eigenvalue weighted by atomic mass is 35.5.